The molecular weight excluding hydrogens is 242 g/mol. The molecule has 5 heteroatoms. The van der Waals surface area contributed by atoms with Gasteiger partial charge in [-0.15, -0.1) is 0 Å². The Labute approximate surface area is 112 Å². The fourth-order valence-corrected chi connectivity index (χ4v) is 2.63. The Morgan fingerprint density at radius 3 is 2.89 bits per heavy atom. The predicted molar refractivity (Wildman–Crippen MR) is 70.4 cm³/mol. The average Bonchev–Trinajstić information content (AvgIpc) is 2.80. The van der Waals surface area contributed by atoms with Crippen LogP contribution in [0.15, 0.2) is 12.1 Å². The highest BCUT2D eigenvalue weighted by Crippen LogP contribution is 2.23. The van der Waals surface area contributed by atoms with Crippen LogP contribution in [0.1, 0.15) is 48.3 Å². The molecule has 5 nitrogen and oxygen atoms in total. The van der Waals surface area contributed by atoms with Gasteiger partial charge in [0, 0.05) is 18.6 Å². The fourth-order valence-electron chi connectivity index (χ4n) is 2.63. The number of aliphatic hydroxyl groups is 1. The van der Waals surface area contributed by atoms with Crippen LogP contribution in [0.5, 0.6) is 0 Å². The molecule has 0 radical (unpaired) electrons. The summed E-state index contributed by atoms with van der Waals surface area (Å²) in [5.41, 5.74) is 0.780. The summed E-state index contributed by atoms with van der Waals surface area (Å²) in [4.78, 5) is 14.8. The van der Waals surface area contributed by atoms with Crippen LogP contribution in [0.2, 0.25) is 0 Å². The maximum Gasteiger partial charge on any atom is 0.267 e. The molecule has 2 unspecified atom stereocenters. The molecule has 1 heterocycles. The third-order valence-corrected chi connectivity index (χ3v) is 3.76. The number of rotatable bonds is 3. The summed E-state index contributed by atoms with van der Waals surface area (Å²) in [5.74, 6) is -0.0660. The third-order valence-electron chi connectivity index (χ3n) is 3.76. The van der Waals surface area contributed by atoms with Gasteiger partial charge in [0.2, 0.25) is 0 Å². The van der Waals surface area contributed by atoms with Crippen molar-refractivity contribution in [2.24, 2.45) is 5.92 Å². The molecule has 102 valence electrons. The topological polar surface area (TPSA) is 88.9 Å². The minimum Gasteiger partial charge on any atom is -0.396 e. The number of aromatic nitrogens is 1. The Bertz CT molecular complexity index is 475. The van der Waals surface area contributed by atoms with Crippen LogP contribution in [0, 0.1) is 17.2 Å². The van der Waals surface area contributed by atoms with Crippen molar-refractivity contribution in [1.29, 1.82) is 5.26 Å². The lowest BCUT2D eigenvalue weighted by molar-refractivity contribution is 0.0895. The first-order chi connectivity index (χ1) is 9.24. The number of H-pyrrole nitrogens is 1. The van der Waals surface area contributed by atoms with Gasteiger partial charge in [-0.2, -0.15) is 5.26 Å². The highest BCUT2D eigenvalue weighted by Gasteiger charge is 2.25. The summed E-state index contributed by atoms with van der Waals surface area (Å²) in [6.07, 6.45) is 5.21. The molecule has 1 aromatic rings. The lowest BCUT2D eigenvalue weighted by Crippen LogP contribution is -2.41. The molecular formula is C14H19N3O2. The maximum absolute atomic E-state index is 12.1. The van der Waals surface area contributed by atoms with E-state index in [1.165, 1.54) is 0 Å². The van der Waals surface area contributed by atoms with Crippen molar-refractivity contribution >= 4 is 5.91 Å². The Morgan fingerprint density at radius 1 is 1.42 bits per heavy atom. The quantitative estimate of drug-likeness (QED) is 0.721. The number of amides is 1. The zero-order valence-corrected chi connectivity index (χ0v) is 10.9. The second-order valence-corrected chi connectivity index (χ2v) is 5.06. The largest absolute Gasteiger partial charge is 0.396 e. The molecule has 0 aromatic carbocycles. The maximum atomic E-state index is 12.1. The van der Waals surface area contributed by atoms with Crippen LogP contribution in [0.3, 0.4) is 0 Å². The van der Waals surface area contributed by atoms with Gasteiger partial charge in [-0.1, -0.05) is 19.3 Å². The van der Waals surface area contributed by atoms with Gasteiger partial charge in [-0.05, 0) is 25.0 Å². The lowest BCUT2D eigenvalue weighted by atomic mass is 9.95. The number of hydrogen-bond acceptors (Lipinski definition) is 3. The zero-order valence-electron chi connectivity index (χ0n) is 10.9. The standard InChI is InChI=1S/C14H19N3O2/c15-8-11-6-7-13(16-11)14(19)17-12-5-3-1-2-4-10(12)9-18/h6-7,10,12,16,18H,1-5,9H2,(H,17,19). The van der Waals surface area contributed by atoms with E-state index in [2.05, 4.69) is 10.3 Å². The summed E-state index contributed by atoms with van der Waals surface area (Å²) in [6, 6.07) is 5.18. The first kappa shape index (κ1) is 13.6. The highest BCUT2D eigenvalue weighted by molar-refractivity contribution is 5.92. The van der Waals surface area contributed by atoms with Gasteiger partial charge in [0.25, 0.3) is 5.91 Å². The van der Waals surface area contributed by atoms with E-state index in [9.17, 15) is 9.90 Å². The van der Waals surface area contributed by atoms with Crippen molar-refractivity contribution in [3.63, 3.8) is 0 Å². The number of nitriles is 1. The minimum absolute atomic E-state index is 0.0221. The molecule has 2 rings (SSSR count). The Hall–Kier alpha value is -1.80. The van der Waals surface area contributed by atoms with E-state index in [-0.39, 0.29) is 24.5 Å². The van der Waals surface area contributed by atoms with Gasteiger partial charge in [0.05, 0.1) is 0 Å². The van der Waals surface area contributed by atoms with Gasteiger partial charge in [0.15, 0.2) is 0 Å². The molecule has 1 fully saturated rings. The van der Waals surface area contributed by atoms with Gasteiger partial charge in [-0.25, -0.2) is 0 Å². The molecule has 3 N–H and O–H groups in total. The van der Waals surface area contributed by atoms with Crippen molar-refractivity contribution in [2.75, 3.05) is 6.61 Å². The average molecular weight is 261 g/mol. The predicted octanol–water partition coefficient (Wildman–Crippen LogP) is 1.56. The van der Waals surface area contributed by atoms with E-state index in [0.29, 0.717) is 11.4 Å². The molecule has 1 saturated carbocycles. The number of carbonyl (C=O) groups is 1. The normalized spacial score (nSPS) is 23.4. The molecule has 1 amide bonds. The fraction of sp³-hybridized carbons (Fsp3) is 0.571. The Kier molecular flexibility index (Phi) is 4.58. The number of aromatic amines is 1. The van der Waals surface area contributed by atoms with E-state index in [0.717, 1.165) is 32.1 Å². The van der Waals surface area contributed by atoms with Crippen LogP contribution >= 0.6 is 0 Å². The Morgan fingerprint density at radius 2 is 2.21 bits per heavy atom. The van der Waals surface area contributed by atoms with Crippen molar-refractivity contribution in [1.82, 2.24) is 10.3 Å². The molecule has 0 bridgehead atoms. The van der Waals surface area contributed by atoms with Crippen molar-refractivity contribution < 1.29 is 9.90 Å². The Balaban J connectivity index is 2.02. The lowest BCUT2D eigenvalue weighted by Gasteiger charge is -2.24. The van der Waals surface area contributed by atoms with Gasteiger partial charge in [-0.3, -0.25) is 4.79 Å². The second kappa shape index (κ2) is 6.39. The van der Waals surface area contributed by atoms with Gasteiger partial charge >= 0.3 is 0 Å². The molecule has 0 spiro atoms. The van der Waals surface area contributed by atoms with Crippen LogP contribution in [0.4, 0.5) is 0 Å². The summed E-state index contributed by atoms with van der Waals surface area (Å²) in [6.45, 7) is 0.110. The summed E-state index contributed by atoms with van der Waals surface area (Å²) in [5, 5.41) is 21.1. The van der Waals surface area contributed by atoms with E-state index in [4.69, 9.17) is 5.26 Å². The highest BCUT2D eigenvalue weighted by atomic mass is 16.3. The van der Waals surface area contributed by atoms with E-state index in [1.54, 1.807) is 12.1 Å². The zero-order chi connectivity index (χ0) is 13.7. The number of aliphatic hydroxyl groups excluding tert-OH is 1. The van der Waals surface area contributed by atoms with Crippen molar-refractivity contribution in [3.8, 4) is 6.07 Å². The van der Waals surface area contributed by atoms with Crippen LogP contribution in [0.25, 0.3) is 0 Å². The molecule has 1 aliphatic carbocycles. The third kappa shape index (κ3) is 3.36. The second-order valence-electron chi connectivity index (χ2n) is 5.06. The summed E-state index contributed by atoms with van der Waals surface area (Å²) < 4.78 is 0. The molecule has 0 aliphatic heterocycles. The first-order valence-corrected chi connectivity index (χ1v) is 6.75. The molecule has 0 saturated heterocycles. The smallest absolute Gasteiger partial charge is 0.267 e. The van der Waals surface area contributed by atoms with E-state index in [1.807, 2.05) is 6.07 Å². The molecule has 1 aromatic heterocycles. The SMILES string of the molecule is N#Cc1ccc(C(=O)NC2CCCCCC2CO)[nH]1. The van der Waals surface area contributed by atoms with Crippen LogP contribution in [-0.4, -0.2) is 28.6 Å². The van der Waals surface area contributed by atoms with E-state index < -0.39 is 0 Å². The van der Waals surface area contributed by atoms with Crippen LogP contribution in [-0.2, 0) is 0 Å². The molecule has 2 atom stereocenters. The first-order valence-electron chi connectivity index (χ1n) is 6.75. The number of hydrogen-bond donors (Lipinski definition) is 3. The number of nitrogens with zero attached hydrogens (tertiary/aromatic N) is 1. The monoisotopic (exact) mass is 261 g/mol. The molecule has 1 aliphatic rings. The summed E-state index contributed by atoms with van der Waals surface area (Å²) in [7, 11) is 0. The van der Waals surface area contributed by atoms with Gasteiger partial charge < -0.3 is 15.4 Å². The van der Waals surface area contributed by atoms with E-state index >= 15 is 0 Å². The van der Waals surface area contributed by atoms with Crippen molar-refractivity contribution in [2.45, 2.75) is 38.1 Å². The van der Waals surface area contributed by atoms with Crippen molar-refractivity contribution in [3.05, 3.63) is 23.5 Å². The molecule has 19 heavy (non-hydrogen) atoms. The number of nitrogens with one attached hydrogen (secondary N) is 2. The number of carbonyl (C=O) groups excluding carboxylic acids is 1. The van der Waals surface area contributed by atoms with Crippen LogP contribution < -0.4 is 5.32 Å². The van der Waals surface area contributed by atoms with Gasteiger partial charge in [0.1, 0.15) is 17.5 Å². The minimum atomic E-state index is -0.202. The summed E-state index contributed by atoms with van der Waals surface area (Å²) >= 11 is 0.